The number of halogens is 1. The number of rotatable bonds is 4. The summed E-state index contributed by atoms with van der Waals surface area (Å²) in [7, 11) is 5.18. The van der Waals surface area contributed by atoms with Crippen molar-refractivity contribution in [2.24, 2.45) is 0 Å². The molecule has 1 N–H and O–H groups in total. The number of aryl methyl sites for hydroxylation is 1. The molecule has 0 aliphatic carbocycles. The van der Waals surface area contributed by atoms with Gasteiger partial charge in [-0.15, -0.1) is 0 Å². The van der Waals surface area contributed by atoms with Crippen LogP contribution in [0.5, 0.6) is 0 Å². The molecule has 2 heterocycles. The lowest BCUT2D eigenvalue weighted by atomic mass is 10.1. The molecule has 0 unspecified atom stereocenters. The van der Waals surface area contributed by atoms with Crippen LogP contribution in [0.1, 0.15) is 22.5 Å². The van der Waals surface area contributed by atoms with Gasteiger partial charge in [0.1, 0.15) is 11.8 Å². The lowest BCUT2D eigenvalue weighted by Gasteiger charge is -2.19. The van der Waals surface area contributed by atoms with E-state index in [1.807, 2.05) is 42.2 Å². The third kappa shape index (κ3) is 4.39. The standard InChI is InChI=1S/C16H14IN3OS2.C2H7N/c1-10-6-12-7-15(16(21)11(2)9-18)20(23-17)14(12)8-13(10)19-4-3-5-22-19;1-3-2/h6-8H,2-5H2,1H3;3H,1-2H3. The van der Waals surface area contributed by atoms with E-state index in [-0.39, 0.29) is 11.4 Å². The van der Waals surface area contributed by atoms with E-state index in [1.165, 1.54) is 26.8 Å². The van der Waals surface area contributed by atoms with Gasteiger partial charge in [0.15, 0.2) is 0 Å². The third-order valence-electron chi connectivity index (χ3n) is 3.81. The van der Waals surface area contributed by atoms with E-state index in [0.29, 0.717) is 5.69 Å². The second-order valence-electron chi connectivity index (χ2n) is 5.80. The number of benzene rings is 1. The van der Waals surface area contributed by atoms with Crippen molar-refractivity contribution in [2.75, 3.05) is 30.7 Å². The second-order valence-corrected chi connectivity index (χ2v) is 8.59. The van der Waals surface area contributed by atoms with Gasteiger partial charge in [-0.3, -0.25) is 8.77 Å². The smallest absolute Gasteiger partial charge is 0.220 e. The van der Waals surface area contributed by atoms with E-state index in [2.05, 4.69) is 56.5 Å². The summed E-state index contributed by atoms with van der Waals surface area (Å²) >= 11 is 4.00. The third-order valence-corrected chi connectivity index (χ3v) is 6.68. The number of nitrogens with one attached hydrogen (secondary N) is 1. The Morgan fingerprint density at radius 1 is 1.42 bits per heavy atom. The second kappa shape index (κ2) is 9.69. The molecule has 0 spiro atoms. The normalized spacial score (nSPS) is 13.3. The van der Waals surface area contributed by atoms with Crippen LogP contribution in [-0.4, -0.2) is 36.1 Å². The Balaban J connectivity index is 0.000000758. The molecular formula is C18H21IN4OS2. The van der Waals surface area contributed by atoms with Gasteiger partial charge < -0.3 is 9.62 Å². The monoisotopic (exact) mass is 500 g/mol. The molecule has 1 aliphatic heterocycles. The SMILES string of the molecule is C=C(C#N)C(=O)c1cc2cc(C)c(N3CCCS3)cc2n1SI.CNC. The minimum absolute atomic E-state index is 0.0356. The summed E-state index contributed by atoms with van der Waals surface area (Å²) in [4.78, 5) is 12.4. The highest BCUT2D eigenvalue weighted by molar-refractivity contribution is 14.2. The van der Waals surface area contributed by atoms with E-state index in [1.54, 1.807) is 0 Å². The van der Waals surface area contributed by atoms with Gasteiger partial charge in [0, 0.05) is 48.0 Å². The summed E-state index contributed by atoms with van der Waals surface area (Å²) in [6, 6.07) is 7.94. The number of hydrogen-bond donors (Lipinski definition) is 1. The number of allylic oxidation sites excluding steroid dienone is 1. The lowest BCUT2D eigenvalue weighted by molar-refractivity contribution is 0.103. The Bertz CT molecular complexity index is 866. The van der Waals surface area contributed by atoms with Crippen molar-refractivity contribution in [3.05, 3.63) is 41.6 Å². The van der Waals surface area contributed by atoms with Gasteiger partial charge in [0.25, 0.3) is 0 Å². The fourth-order valence-electron chi connectivity index (χ4n) is 2.68. The topological polar surface area (TPSA) is 61.1 Å². The van der Waals surface area contributed by atoms with Crippen LogP contribution in [0.15, 0.2) is 30.4 Å². The van der Waals surface area contributed by atoms with Crippen LogP contribution in [0.3, 0.4) is 0 Å². The zero-order valence-electron chi connectivity index (χ0n) is 15.0. The number of fused-ring (bicyclic) bond motifs is 1. The molecule has 1 saturated heterocycles. The van der Waals surface area contributed by atoms with Gasteiger partial charge >= 0.3 is 0 Å². The molecule has 1 fully saturated rings. The van der Waals surface area contributed by atoms with Crippen LogP contribution in [0, 0.1) is 18.3 Å². The molecule has 5 nitrogen and oxygen atoms in total. The molecule has 3 rings (SSSR count). The highest BCUT2D eigenvalue weighted by atomic mass is 127. The summed E-state index contributed by atoms with van der Waals surface area (Å²) in [6.07, 6.45) is 1.19. The van der Waals surface area contributed by atoms with Crippen LogP contribution in [-0.2, 0) is 0 Å². The first-order valence-electron chi connectivity index (χ1n) is 8.06. The highest BCUT2D eigenvalue weighted by Crippen LogP contribution is 2.37. The molecule has 0 amide bonds. The zero-order chi connectivity index (χ0) is 19.3. The van der Waals surface area contributed by atoms with Gasteiger partial charge in [-0.05, 0) is 63.2 Å². The number of hydrogen-bond acceptors (Lipinski definition) is 6. The predicted molar refractivity (Wildman–Crippen MR) is 122 cm³/mol. The maximum Gasteiger partial charge on any atom is 0.220 e. The Morgan fingerprint density at radius 2 is 2.12 bits per heavy atom. The van der Waals surface area contributed by atoms with Gasteiger partial charge in [0.05, 0.1) is 16.8 Å². The Labute approximate surface area is 175 Å². The fourth-order valence-corrected chi connectivity index (χ4v) is 5.47. The number of nitriles is 1. The first-order chi connectivity index (χ1) is 12.5. The number of ketones is 1. The average Bonchev–Trinajstić information content (AvgIpc) is 3.27. The fraction of sp³-hybridized carbons (Fsp3) is 0.333. The van der Waals surface area contributed by atoms with E-state index in [9.17, 15) is 4.79 Å². The molecule has 0 atom stereocenters. The average molecular weight is 500 g/mol. The van der Waals surface area contributed by atoms with Gasteiger partial charge in [-0.25, -0.2) is 0 Å². The van der Waals surface area contributed by atoms with Crippen molar-refractivity contribution in [1.29, 1.82) is 5.26 Å². The Morgan fingerprint density at radius 3 is 2.65 bits per heavy atom. The molecule has 0 saturated carbocycles. The van der Waals surface area contributed by atoms with Gasteiger partial charge in [-0.1, -0.05) is 6.58 Å². The number of anilines is 1. The summed E-state index contributed by atoms with van der Waals surface area (Å²) < 4.78 is 4.20. The van der Waals surface area contributed by atoms with Crippen LogP contribution in [0.2, 0.25) is 0 Å². The van der Waals surface area contributed by atoms with Crippen LogP contribution >= 0.6 is 42.3 Å². The summed E-state index contributed by atoms with van der Waals surface area (Å²) in [5.41, 5.74) is 3.85. The van der Waals surface area contributed by atoms with Crippen molar-refractivity contribution >= 4 is 64.6 Å². The number of Topliss-reactive ketones (excluding diaryl/α,β-unsaturated/α-hetero) is 1. The lowest BCUT2D eigenvalue weighted by Crippen LogP contribution is -2.10. The van der Waals surface area contributed by atoms with Crippen molar-refractivity contribution < 1.29 is 4.79 Å². The molecule has 1 aromatic carbocycles. The van der Waals surface area contributed by atoms with E-state index in [0.717, 1.165) is 23.2 Å². The predicted octanol–water partition coefficient (Wildman–Crippen LogP) is 4.75. The minimum atomic E-state index is -0.317. The molecule has 0 bridgehead atoms. The van der Waals surface area contributed by atoms with E-state index >= 15 is 0 Å². The summed E-state index contributed by atoms with van der Waals surface area (Å²) in [6.45, 7) is 6.69. The highest BCUT2D eigenvalue weighted by Gasteiger charge is 2.21. The van der Waals surface area contributed by atoms with Crippen molar-refractivity contribution in [2.45, 2.75) is 13.3 Å². The summed E-state index contributed by atoms with van der Waals surface area (Å²) in [5.74, 6) is 0.827. The molecule has 26 heavy (non-hydrogen) atoms. The van der Waals surface area contributed by atoms with Crippen molar-refractivity contribution in [3.8, 4) is 6.07 Å². The minimum Gasteiger partial charge on any atom is -0.323 e. The van der Waals surface area contributed by atoms with Crippen LogP contribution in [0.4, 0.5) is 5.69 Å². The maximum absolute atomic E-state index is 12.4. The molecule has 1 aliphatic rings. The molecule has 0 radical (unpaired) electrons. The van der Waals surface area contributed by atoms with Crippen molar-refractivity contribution in [3.63, 3.8) is 0 Å². The maximum atomic E-state index is 12.4. The van der Waals surface area contributed by atoms with E-state index in [4.69, 9.17) is 5.26 Å². The van der Waals surface area contributed by atoms with Crippen LogP contribution in [0.25, 0.3) is 10.9 Å². The van der Waals surface area contributed by atoms with Gasteiger partial charge in [-0.2, -0.15) is 5.26 Å². The molecule has 2 aromatic rings. The zero-order valence-corrected chi connectivity index (χ0v) is 18.8. The Kier molecular flexibility index (Phi) is 7.88. The molecule has 8 heteroatoms. The Hall–Kier alpha value is -1.15. The van der Waals surface area contributed by atoms with Crippen molar-refractivity contribution in [1.82, 2.24) is 9.29 Å². The van der Waals surface area contributed by atoms with Crippen LogP contribution < -0.4 is 9.62 Å². The number of carbonyl (C=O) groups excluding carboxylic acids is 1. The molecule has 138 valence electrons. The summed E-state index contributed by atoms with van der Waals surface area (Å²) in [5, 5.41) is 12.7. The first kappa shape index (κ1) is 21.2. The first-order valence-corrected chi connectivity index (χ1v) is 12.3. The quantitative estimate of drug-likeness (QED) is 0.215. The largest absolute Gasteiger partial charge is 0.323 e. The van der Waals surface area contributed by atoms with E-state index < -0.39 is 0 Å². The van der Waals surface area contributed by atoms with Gasteiger partial charge in [0.2, 0.25) is 5.78 Å². The number of carbonyl (C=O) groups is 1. The number of aromatic nitrogens is 1. The number of nitrogens with zero attached hydrogens (tertiary/aromatic N) is 3. The molecular weight excluding hydrogens is 479 g/mol. The molecule has 1 aromatic heterocycles.